The first kappa shape index (κ1) is 26.0. The summed E-state index contributed by atoms with van der Waals surface area (Å²) in [5.74, 6) is 1.70. The molecule has 1 aromatic carbocycles. The summed E-state index contributed by atoms with van der Waals surface area (Å²) in [4.78, 5) is 12.9. The summed E-state index contributed by atoms with van der Waals surface area (Å²) in [5.41, 5.74) is -0.122. The smallest absolute Gasteiger partial charge is 0.224 e. The number of hydrogen-bond donors (Lipinski definition) is 2. The van der Waals surface area contributed by atoms with E-state index in [0.717, 1.165) is 29.7 Å². The van der Waals surface area contributed by atoms with Gasteiger partial charge in [0.25, 0.3) is 0 Å². The third kappa shape index (κ3) is 7.32. The molecule has 0 saturated carbocycles. The van der Waals surface area contributed by atoms with Gasteiger partial charge in [0.15, 0.2) is 5.60 Å². The normalized spacial score (nSPS) is 14.9. The van der Waals surface area contributed by atoms with Gasteiger partial charge in [-0.1, -0.05) is 86.4 Å². The highest BCUT2D eigenvalue weighted by molar-refractivity contribution is 8.13. The van der Waals surface area contributed by atoms with Gasteiger partial charge >= 0.3 is 0 Å². The molecule has 1 unspecified atom stereocenters. The van der Waals surface area contributed by atoms with E-state index in [0.29, 0.717) is 11.5 Å². The maximum absolute atomic E-state index is 12.9. The van der Waals surface area contributed by atoms with Crippen molar-refractivity contribution in [3.05, 3.63) is 28.8 Å². The highest BCUT2D eigenvalue weighted by Crippen LogP contribution is 2.42. The van der Waals surface area contributed by atoms with Crippen molar-refractivity contribution in [2.45, 2.75) is 104 Å². The minimum absolute atomic E-state index is 0.230. The predicted molar refractivity (Wildman–Crippen MR) is 126 cm³/mol. The number of unbranched alkanes of at least 4 members (excludes halogenated alkanes) is 2. The Bertz CT molecular complexity index is 656. The first-order valence-electron chi connectivity index (χ1n) is 10.9. The molecule has 0 spiro atoms. The molecule has 0 aromatic heterocycles. The molecule has 0 aliphatic heterocycles. The number of hydrogen-bond acceptors (Lipinski definition) is 4. The van der Waals surface area contributed by atoms with E-state index in [1.54, 1.807) is 19.1 Å². The summed E-state index contributed by atoms with van der Waals surface area (Å²) in [6, 6.07) is 3.59. The Labute approximate surface area is 182 Å². The molecule has 0 heterocycles. The summed E-state index contributed by atoms with van der Waals surface area (Å²) in [5, 5.41) is 21.8. The second kappa shape index (κ2) is 9.87. The van der Waals surface area contributed by atoms with Gasteiger partial charge in [-0.15, -0.1) is 0 Å². The third-order valence-corrected chi connectivity index (χ3v) is 6.50. The zero-order valence-electron chi connectivity index (χ0n) is 20.0. The fourth-order valence-corrected chi connectivity index (χ4v) is 4.25. The highest BCUT2D eigenvalue weighted by atomic mass is 32.2. The number of carbonyl (C=O) groups excluding carboxylic acids is 1. The van der Waals surface area contributed by atoms with Gasteiger partial charge in [-0.05, 0) is 58.9 Å². The Hall–Kier alpha value is -1.00. The number of carbonyl (C=O) groups is 1. The molecule has 0 fully saturated rings. The van der Waals surface area contributed by atoms with Gasteiger partial charge in [-0.2, -0.15) is 0 Å². The van der Waals surface area contributed by atoms with Gasteiger partial charge in [0.2, 0.25) is 5.12 Å². The molecule has 3 nitrogen and oxygen atoms in total. The lowest BCUT2D eigenvalue weighted by molar-refractivity contribution is -0.126. The number of rotatable bonds is 8. The van der Waals surface area contributed by atoms with Crippen LogP contribution in [0.4, 0.5) is 0 Å². The molecule has 1 rings (SSSR count). The quantitative estimate of drug-likeness (QED) is 0.459. The Morgan fingerprint density at radius 1 is 0.931 bits per heavy atom. The zero-order valence-corrected chi connectivity index (χ0v) is 20.8. The fraction of sp³-hybridized carbons (Fsp3) is 0.720. The Morgan fingerprint density at radius 3 is 1.83 bits per heavy atom. The van der Waals surface area contributed by atoms with Crippen LogP contribution in [-0.4, -0.2) is 21.1 Å². The fourth-order valence-electron chi connectivity index (χ4n) is 3.31. The molecular formula is C25H42O3S. The van der Waals surface area contributed by atoms with Gasteiger partial charge in [-0.25, -0.2) is 0 Å². The van der Waals surface area contributed by atoms with Crippen molar-refractivity contribution >= 4 is 16.9 Å². The number of phenolic OH excluding ortho intramolecular Hbond substituents is 1. The molecule has 0 saturated heterocycles. The zero-order chi connectivity index (χ0) is 22.6. The summed E-state index contributed by atoms with van der Waals surface area (Å²) in [7, 11) is 0. The molecule has 0 aliphatic rings. The minimum Gasteiger partial charge on any atom is -0.507 e. The van der Waals surface area contributed by atoms with E-state index >= 15 is 0 Å². The van der Waals surface area contributed by atoms with Crippen LogP contribution < -0.4 is 0 Å². The van der Waals surface area contributed by atoms with Crippen molar-refractivity contribution in [1.82, 2.24) is 0 Å². The topological polar surface area (TPSA) is 57.5 Å². The molecule has 0 aliphatic carbocycles. The summed E-state index contributed by atoms with van der Waals surface area (Å²) < 4.78 is 0. The number of aliphatic hydroxyl groups is 1. The van der Waals surface area contributed by atoms with E-state index in [4.69, 9.17) is 0 Å². The molecule has 29 heavy (non-hydrogen) atoms. The molecule has 0 amide bonds. The van der Waals surface area contributed by atoms with E-state index in [1.807, 2.05) is 41.5 Å². The average molecular weight is 423 g/mol. The van der Waals surface area contributed by atoms with Gasteiger partial charge in [-0.3, -0.25) is 4.79 Å². The van der Waals surface area contributed by atoms with Crippen LogP contribution in [0.3, 0.4) is 0 Å². The lowest BCUT2D eigenvalue weighted by Gasteiger charge is -2.31. The van der Waals surface area contributed by atoms with E-state index < -0.39 is 5.60 Å². The van der Waals surface area contributed by atoms with Crippen LogP contribution in [0.25, 0.3) is 0 Å². The Balaban J connectivity index is 3.06. The van der Waals surface area contributed by atoms with Gasteiger partial charge < -0.3 is 10.2 Å². The highest BCUT2D eigenvalue weighted by Gasteiger charge is 2.36. The molecule has 2 N–H and O–H groups in total. The minimum atomic E-state index is -1.59. The molecule has 4 heteroatoms. The van der Waals surface area contributed by atoms with Gasteiger partial charge in [0.1, 0.15) is 5.75 Å². The van der Waals surface area contributed by atoms with E-state index in [1.165, 1.54) is 24.6 Å². The SMILES string of the molecule is CC(C)CCCCCSC(=O)C(C)(O)c1cc(C(C)(C)C)c(O)c(C(C)(C)C)c1. The van der Waals surface area contributed by atoms with Crippen LogP contribution in [0, 0.1) is 5.92 Å². The second-order valence-corrected chi connectivity index (χ2v) is 11.9. The molecule has 0 bridgehead atoms. The molecule has 166 valence electrons. The summed E-state index contributed by atoms with van der Waals surface area (Å²) in [6.07, 6.45) is 4.50. The van der Waals surface area contributed by atoms with Crippen LogP contribution in [0.1, 0.15) is 105 Å². The summed E-state index contributed by atoms with van der Waals surface area (Å²) in [6.45, 7) is 18.2. The molecule has 1 aromatic rings. The van der Waals surface area contributed by atoms with Gasteiger partial charge in [0.05, 0.1) is 0 Å². The molecule has 0 radical (unpaired) electrons. The predicted octanol–water partition coefficient (Wildman–Crippen LogP) is 6.67. The number of benzene rings is 1. The number of phenols is 1. The monoisotopic (exact) mass is 422 g/mol. The lowest BCUT2D eigenvalue weighted by atomic mass is 9.76. The number of thioether (sulfide) groups is 1. The second-order valence-electron chi connectivity index (χ2n) is 10.9. The largest absolute Gasteiger partial charge is 0.507 e. The van der Waals surface area contributed by atoms with Crippen LogP contribution in [-0.2, 0) is 21.2 Å². The standard InChI is InChI=1S/C25H42O3S/c1-17(2)13-11-10-12-14-29-22(27)25(9,28)18-15-19(23(3,4)5)21(26)20(16-18)24(6,7)8/h15-17,26,28H,10-14H2,1-9H3. The van der Waals surface area contributed by atoms with Crippen molar-refractivity contribution in [2.75, 3.05) is 5.75 Å². The maximum Gasteiger partial charge on any atom is 0.224 e. The van der Waals surface area contributed by atoms with Crippen molar-refractivity contribution in [2.24, 2.45) is 5.92 Å². The van der Waals surface area contributed by atoms with Crippen molar-refractivity contribution < 1.29 is 15.0 Å². The first-order valence-corrected chi connectivity index (χ1v) is 11.8. The van der Waals surface area contributed by atoms with Crippen molar-refractivity contribution in [1.29, 1.82) is 0 Å². The Kier molecular flexibility index (Phi) is 8.86. The first-order chi connectivity index (χ1) is 13.1. The van der Waals surface area contributed by atoms with Crippen LogP contribution >= 0.6 is 11.8 Å². The van der Waals surface area contributed by atoms with E-state index in [9.17, 15) is 15.0 Å². The van der Waals surface area contributed by atoms with Crippen molar-refractivity contribution in [3.63, 3.8) is 0 Å². The maximum atomic E-state index is 12.9. The van der Waals surface area contributed by atoms with Crippen molar-refractivity contribution in [3.8, 4) is 5.75 Å². The summed E-state index contributed by atoms with van der Waals surface area (Å²) >= 11 is 1.22. The van der Waals surface area contributed by atoms with Crippen LogP contribution in [0.2, 0.25) is 0 Å². The van der Waals surface area contributed by atoms with Crippen LogP contribution in [0.5, 0.6) is 5.75 Å². The molecule has 1 atom stereocenters. The molecular weight excluding hydrogens is 380 g/mol. The van der Waals surface area contributed by atoms with E-state index in [-0.39, 0.29) is 21.7 Å². The number of aromatic hydroxyl groups is 1. The van der Waals surface area contributed by atoms with Gasteiger partial charge in [0, 0.05) is 5.75 Å². The van der Waals surface area contributed by atoms with Crippen LogP contribution in [0.15, 0.2) is 12.1 Å². The lowest BCUT2D eigenvalue weighted by Crippen LogP contribution is -2.31. The van der Waals surface area contributed by atoms with E-state index in [2.05, 4.69) is 13.8 Å². The Morgan fingerprint density at radius 2 is 1.41 bits per heavy atom. The average Bonchev–Trinajstić information content (AvgIpc) is 2.55. The third-order valence-electron chi connectivity index (χ3n) is 5.34.